The molecular formula is C18H16BrNO3. The molecule has 0 heterocycles. The summed E-state index contributed by atoms with van der Waals surface area (Å²) in [6.45, 7) is -0.300. The molecule has 4 nitrogen and oxygen atoms in total. The van der Waals surface area contributed by atoms with E-state index in [1.807, 2.05) is 24.3 Å². The van der Waals surface area contributed by atoms with Crippen LogP contribution in [0.15, 0.2) is 46.9 Å². The molecule has 23 heavy (non-hydrogen) atoms. The number of aryl methyl sites for hydroxylation is 2. The van der Waals surface area contributed by atoms with Gasteiger partial charge >= 0.3 is 5.97 Å². The number of rotatable bonds is 4. The molecule has 3 rings (SSSR count). The number of hydrogen-bond acceptors (Lipinski definition) is 3. The van der Waals surface area contributed by atoms with E-state index in [2.05, 4.69) is 21.2 Å². The predicted octanol–water partition coefficient (Wildman–Crippen LogP) is 3.73. The van der Waals surface area contributed by atoms with E-state index in [4.69, 9.17) is 4.74 Å². The fourth-order valence-electron chi connectivity index (χ4n) is 2.64. The molecule has 0 spiro atoms. The van der Waals surface area contributed by atoms with Crippen LogP contribution in [0.25, 0.3) is 0 Å². The van der Waals surface area contributed by atoms with E-state index in [1.54, 1.807) is 18.2 Å². The van der Waals surface area contributed by atoms with Crippen molar-refractivity contribution in [3.8, 4) is 0 Å². The number of halogens is 1. The van der Waals surface area contributed by atoms with Gasteiger partial charge in [0.1, 0.15) is 0 Å². The Balaban J connectivity index is 1.54. The van der Waals surface area contributed by atoms with Gasteiger partial charge in [-0.1, -0.05) is 22.0 Å². The van der Waals surface area contributed by atoms with Crippen LogP contribution in [0.2, 0.25) is 0 Å². The average Bonchev–Trinajstić information content (AvgIpc) is 3.02. The van der Waals surface area contributed by atoms with Crippen molar-refractivity contribution in [2.75, 3.05) is 11.9 Å². The van der Waals surface area contributed by atoms with Crippen LogP contribution >= 0.6 is 15.9 Å². The van der Waals surface area contributed by atoms with Crippen molar-refractivity contribution in [3.63, 3.8) is 0 Å². The van der Waals surface area contributed by atoms with Crippen molar-refractivity contribution < 1.29 is 14.3 Å². The lowest BCUT2D eigenvalue weighted by Crippen LogP contribution is -2.21. The molecule has 0 fully saturated rings. The number of fused-ring (bicyclic) bond motifs is 1. The molecule has 1 aliphatic rings. The summed E-state index contributed by atoms with van der Waals surface area (Å²) < 4.78 is 6.01. The minimum atomic E-state index is -0.467. The Labute approximate surface area is 143 Å². The molecule has 2 aromatic carbocycles. The van der Waals surface area contributed by atoms with Gasteiger partial charge < -0.3 is 10.1 Å². The van der Waals surface area contributed by atoms with Crippen LogP contribution < -0.4 is 5.32 Å². The molecule has 1 N–H and O–H groups in total. The lowest BCUT2D eigenvalue weighted by Gasteiger charge is -2.08. The summed E-state index contributed by atoms with van der Waals surface area (Å²) in [5.41, 5.74) is 3.67. The standard InChI is InChI=1S/C18H16BrNO3/c19-15-6-8-16(9-7-15)20-17(21)11-23-18(22)14-5-4-12-2-1-3-13(12)10-14/h4-10H,1-3,11H2,(H,20,21). The maximum Gasteiger partial charge on any atom is 0.338 e. The number of hydrogen-bond donors (Lipinski definition) is 1. The van der Waals surface area contributed by atoms with Gasteiger partial charge in [-0.3, -0.25) is 4.79 Å². The highest BCUT2D eigenvalue weighted by atomic mass is 79.9. The third kappa shape index (κ3) is 3.99. The van der Waals surface area contributed by atoms with Gasteiger partial charge in [0.05, 0.1) is 5.56 Å². The Bertz CT molecular complexity index is 740. The van der Waals surface area contributed by atoms with E-state index in [0.717, 1.165) is 23.7 Å². The highest BCUT2D eigenvalue weighted by Crippen LogP contribution is 2.23. The lowest BCUT2D eigenvalue weighted by atomic mass is 10.1. The summed E-state index contributed by atoms with van der Waals surface area (Å²) in [4.78, 5) is 23.9. The van der Waals surface area contributed by atoms with E-state index in [1.165, 1.54) is 11.1 Å². The molecule has 2 aromatic rings. The Morgan fingerprint density at radius 2 is 1.78 bits per heavy atom. The second-order valence-electron chi connectivity index (χ2n) is 5.47. The van der Waals surface area contributed by atoms with Crippen molar-refractivity contribution in [3.05, 3.63) is 63.6 Å². The number of anilines is 1. The smallest absolute Gasteiger partial charge is 0.338 e. The van der Waals surface area contributed by atoms with Gasteiger partial charge in [0.15, 0.2) is 6.61 Å². The van der Waals surface area contributed by atoms with Crippen LogP contribution in [-0.2, 0) is 22.4 Å². The fraction of sp³-hybridized carbons (Fsp3) is 0.222. The molecule has 0 unspecified atom stereocenters. The van der Waals surface area contributed by atoms with Gasteiger partial charge in [0, 0.05) is 10.2 Å². The summed E-state index contributed by atoms with van der Waals surface area (Å²) >= 11 is 3.33. The lowest BCUT2D eigenvalue weighted by molar-refractivity contribution is -0.119. The topological polar surface area (TPSA) is 55.4 Å². The molecular weight excluding hydrogens is 358 g/mol. The number of benzene rings is 2. The van der Waals surface area contributed by atoms with Gasteiger partial charge in [-0.25, -0.2) is 4.79 Å². The molecule has 0 bridgehead atoms. The molecule has 0 aromatic heterocycles. The highest BCUT2D eigenvalue weighted by molar-refractivity contribution is 9.10. The van der Waals surface area contributed by atoms with Crippen molar-refractivity contribution in [2.24, 2.45) is 0 Å². The molecule has 118 valence electrons. The van der Waals surface area contributed by atoms with Gasteiger partial charge in [0.2, 0.25) is 0 Å². The monoisotopic (exact) mass is 373 g/mol. The third-order valence-electron chi connectivity index (χ3n) is 3.80. The van der Waals surface area contributed by atoms with Gasteiger partial charge in [-0.2, -0.15) is 0 Å². The minimum Gasteiger partial charge on any atom is -0.452 e. The maximum atomic E-state index is 12.0. The second kappa shape index (κ2) is 6.96. The van der Waals surface area contributed by atoms with E-state index in [9.17, 15) is 9.59 Å². The summed E-state index contributed by atoms with van der Waals surface area (Å²) in [5, 5.41) is 2.68. The van der Waals surface area contributed by atoms with Crippen LogP contribution in [0.5, 0.6) is 0 Å². The third-order valence-corrected chi connectivity index (χ3v) is 4.33. The second-order valence-corrected chi connectivity index (χ2v) is 6.38. The molecule has 1 aliphatic carbocycles. The van der Waals surface area contributed by atoms with Crippen molar-refractivity contribution in [1.29, 1.82) is 0 Å². The van der Waals surface area contributed by atoms with E-state index >= 15 is 0 Å². The first kappa shape index (κ1) is 15.7. The molecule has 0 saturated carbocycles. The zero-order valence-electron chi connectivity index (χ0n) is 12.5. The summed E-state index contributed by atoms with van der Waals surface area (Å²) in [7, 11) is 0. The van der Waals surface area contributed by atoms with Crippen molar-refractivity contribution in [2.45, 2.75) is 19.3 Å². The van der Waals surface area contributed by atoms with Crippen LogP contribution in [0.4, 0.5) is 5.69 Å². The normalized spacial score (nSPS) is 12.6. The zero-order valence-corrected chi connectivity index (χ0v) is 14.1. The van der Waals surface area contributed by atoms with Gasteiger partial charge in [-0.05, 0) is 66.8 Å². The van der Waals surface area contributed by atoms with Crippen molar-refractivity contribution >= 4 is 33.5 Å². The Morgan fingerprint density at radius 1 is 1.04 bits per heavy atom. The predicted molar refractivity (Wildman–Crippen MR) is 91.5 cm³/mol. The van der Waals surface area contributed by atoms with E-state index in [0.29, 0.717) is 11.3 Å². The largest absolute Gasteiger partial charge is 0.452 e. The maximum absolute atomic E-state index is 12.0. The number of carbonyl (C=O) groups is 2. The first-order valence-corrected chi connectivity index (χ1v) is 8.25. The molecule has 1 amide bonds. The van der Waals surface area contributed by atoms with Crippen molar-refractivity contribution in [1.82, 2.24) is 0 Å². The van der Waals surface area contributed by atoms with Gasteiger partial charge in [-0.15, -0.1) is 0 Å². The zero-order chi connectivity index (χ0) is 16.2. The summed E-state index contributed by atoms with van der Waals surface area (Å²) in [6, 6.07) is 12.8. The summed E-state index contributed by atoms with van der Waals surface area (Å²) in [6.07, 6.45) is 3.20. The van der Waals surface area contributed by atoms with Gasteiger partial charge in [0.25, 0.3) is 5.91 Å². The quantitative estimate of drug-likeness (QED) is 0.830. The Hall–Kier alpha value is -2.14. The van der Waals surface area contributed by atoms with E-state index in [-0.39, 0.29) is 12.5 Å². The number of ether oxygens (including phenoxy) is 1. The average molecular weight is 374 g/mol. The first-order valence-electron chi connectivity index (χ1n) is 7.46. The number of esters is 1. The molecule has 5 heteroatoms. The molecule has 0 aliphatic heterocycles. The SMILES string of the molecule is O=C(COC(=O)c1ccc2c(c1)CCC2)Nc1ccc(Br)cc1. The fourth-order valence-corrected chi connectivity index (χ4v) is 2.91. The molecule has 0 radical (unpaired) electrons. The van der Waals surface area contributed by atoms with Crippen LogP contribution in [0, 0.1) is 0 Å². The van der Waals surface area contributed by atoms with Crippen LogP contribution in [0.1, 0.15) is 27.9 Å². The van der Waals surface area contributed by atoms with Crippen LogP contribution in [-0.4, -0.2) is 18.5 Å². The first-order chi connectivity index (χ1) is 11.1. The number of nitrogens with one attached hydrogen (secondary N) is 1. The molecule has 0 atom stereocenters. The summed E-state index contributed by atoms with van der Waals surface area (Å²) in [5.74, 6) is -0.826. The van der Waals surface area contributed by atoms with Crippen LogP contribution in [0.3, 0.4) is 0 Å². The minimum absolute atomic E-state index is 0.300. The number of amides is 1. The molecule has 0 saturated heterocycles. The Kier molecular flexibility index (Phi) is 4.76. The van der Waals surface area contributed by atoms with E-state index < -0.39 is 5.97 Å². The Morgan fingerprint density at radius 3 is 2.57 bits per heavy atom. The highest BCUT2D eigenvalue weighted by Gasteiger charge is 2.15. The number of carbonyl (C=O) groups excluding carboxylic acids is 2.